The highest BCUT2D eigenvalue weighted by Crippen LogP contribution is 2.32. The van der Waals surface area contributed by atoms with Gasteiger partial charge < -0.3 is 0 Å². The van der Waals surface area contributed by atoms with Gasteiger partial charge in [-0.15, -0.1) is 0 Å². The molecule has 0 radical (unpaired) electrons. The zero-order chi connectivity index (χ0) is 14.8. The van der Waals surface area contributed by atoms with E-state index in [-0.39, 0.29) is 11.3 Å². The van der Waals surface area contributed by atoms with Crippen LogP contribution in [0.5, 0.6) is 0 Å². The smallest absolute Gasteiger partial charge is 0.282 e. The lowest BCUT2D eigenvalue weighted by Crippen LogP contribution is -2.23. The number of anilines is 1. The molecule has 0 heterocycles. The van der Waals surface area contributed by atoms with E-state index >= 15 is 0 Å². The highest BCUT2D eigenvalue weighted by Gasteiger charge is 2.31. The molecule has 0 aromatic heterocycles. The molecule has 0 saturated carbocycles. The Balaban J connectivity index is 3.23. The topological polar surface area (TPSA) is 70.0 Å². The fraction of sp³-hybridized carbons (Fsp3) is 0.364. The lowest BCUT2D eigenvalue weighted by molar-refractivity contribution is -0.137. The maximum atomic E-state index is 12.5. The molecule has 104 valence electrons. The van der Waals surface area contributed by atoms with Crippen LogP contribution in [0.3, 0.4) is 0 Å². The van der Waals surface area contributed by atoms with Gasteiger partial charge in [0, 0.05) is 0 Å². The number of sulfonamides is 1. The molecule has 0 aliphatic carbocycles. The first-order chi connectivity index (χ1) is 8.58. The van der Waals surface area contributed by atoms with Crippen LogP contribution in [0, 0.1) is 11.3 Å². The Morgan fingerprint density at radius 3 is 2.32 bits per heavy atom. The number of nitrogens with zero attached hydrogens (tertiary/aromatic N) is 1. The highest BCUT2D eigenvalue weighted by molar-refractivity contribution is 7.93. The maximum Gasteiger partial charge on any atom is 0.416 e. The third kappa shape index (κ3) is 3.61. The Kier molecular flexibility index (Phi) is 4.10. The van der Waals surface area contributed by atoms with Gasteiger partial charge >= 0.3 is 6.18 Å². The summed E-state index contributed by atoms with van der Waals surface area (Å²) in [6.45, 7) is 2.83. The third-order valence-electron chi connectivity index (χ3n) is 2.34. The second kappa shape index (κ2) is 5.09. The molecule has 0 atom stereocenters. The minimum absolute atomic E-state index is 0.163. The Morgan fingerprint density at radius 1 is 1.32 bits per heavy atom. The van der Waals surface area contributed by atoms with Gasteiger partial charge in [0.2, 0.25) is 10.0 Å². The first-order valence-corrected chi connectivity index (χ1v) is 6.75. The van der Waals surface area contributed by atoms with Crippen LogP contribution in [-0.4, -0.2) is 13.7 Å². The van der Waals surface area contributed by atoms with Crippen molar-refractivity contribution in [3.05, 3.63) is 29.3 Å². The number of hydrogen-bond acceptors (Lipinski definition) is 3. The van der Waals surface area contributed by atoms with E-state index in [1.165, 1.54) is 13.8 Å². The van der Waals surface area contributed by atoms with Gasteiger partial charge in [0.25, 0.3) is 0 Å². The van der Waals surface area contributed by atoms with E-state index < -0.39 is 27.0 Å². The van der Waals surface area contributed by atoms with Crippen molar-refractivity contribution in [2.75, 3.05) is 4.72 Å². The minimum Gasteiger partial charge on any atom is -0.282 e. The summed E-state index contributed by atoms with van der Waals surface area (Å²) < 4.78 is 62.7. The Morgan fingerprint density at radius 2 is 1.89 bits per heavy atom. The molecule has 1 aromatic carbocycles. The van der Waals surface area contributed by atoms with Gasteiger partial charge in [-0.3, -0.25) is 4.72 Å². The first-order valence-electron chi connectivity index (χ1n) is 5.21. The second-order valence-corrected chi connectivity index (χ2v) is 6.30. The molecule has 19 heavy (non-hydrogen) atoms. The summed E-state index contributed by atoms with van der Waals surface area (Å²) in [6, 6.07) is 3.81. The van der Waals surface area contributed by atoms with E-state index in [1.807, 2.05) is 0 Å². The molecule has 0 aliphatic rings. The van der Waals surface area contributed by atoms with E-state index in [0.29, 0.717) is 6.07 Å². The van der Waals surface area contributed by atoms with Crippen LogP contribution in [-0.2, 0) is 16.2 Å². The van der Waals surface area contributed by atoms with Crippen molar-refractivity contribution in [1.29, 1.82) is 5.26 Å². The number of nitriles is 1. The Hall–Kier alpha value is -1.75. The van der Waals surface area contributed by atoms with Crippen LogP contribution >= 0.6 is 0 Å². The summed E-state index contributed by atoms with van der Waals surface area (Å²) in [7, 11) is -3.71. The number of rotatable bonds is 3. The van der Waals surface area contributed by atoms with Crippen molar-refractivity contribution < 1.29 is 21.6 Å². The van der Waals surface area contributed by atoms with Crippen molar-refractivity contribution in [2.24, 2.45) is 0 Å². The number of alkyl halides is 3. The summed E-state index contributed by atoms with van der Waals surface area (Å²) in [5, 5.41) is 8.03. The van der Waals surface area contributed by atoms with Gasteiger partial charge in [0.1, 0.15) is 6.07 Å². The Bertz CT molecular complexity index is 616. The monoisotopic (exact) mass is 292 g/mol. The molecule has 0 unspecified atom stereocenters. The van der Waals surface area contributed by atoms with Gasteiger partial charge in [-0.2, -0.15) is 18.4 Å². The molecule has 1 N–H and O–H groups in total. The van der Waals surface area contributed by atoms with Crippen molar-refractivity contribution in [2.45, 2.75) is 25.3 Å². The molecular weight excluding hydrogens is 281 g/mol. The van der Waals surface area contributed by atoms with Crippen molar-refractivity contribution >= 4 is 15.7 Å². The number of hydrogen-bond donors (Lipinski definition) is 1. The SMILES string of the molecule is CC(C)S(=O)(=O)Nc1ccc(C(F)(F)F)cc1C#N. The van der Waals surface area contributed by atoms with Crippen molar-refractivity contribution in [1.82, 2.24) is 0 Å². The fourth-order valence-electron chi connectivity index (χ4n) is 1.17. The number of nitrogens with one attached hydrogen (secondary N) is 1. The molecule has 0 fully saturated rings. The molecule has 0 saturated heterocycles. The summed E-state index contributed by atoms with van der Waals surface area (Å²) in [5.41, 5.74) is -1.54. The lowest BCUT2D eigenvalue weighted by Gasteiger charge is -2.13. The molecule has 1 rings (SSSR count). The van der Waals surface area contributed by atoms with Crippen LogP contribution in [0.2, 0.25) is 0 Å². The van der Waals surface area contributed by atoms with Gasteiger partial charge in [-0.1, -0.05) is 0 Å². The van der Waals surface area contributed by atoms with Crippen LogP contribution in [0.25, 0.3) is 0 Å². The van der Waals surface area contributed by atoms with Crippen molar-refractivity contribution in [3.8, 4) is 6.07 Å². The van der Waals surface area contributed by atoms with Crippen LogP contribution < -0.4 is 4.72 Å². The van der Waals surface area contributed by atoms with Crippen LogP contribution in [0.1, 0.15) is 25.0 Å². The largest absolute Gasteiger partial charge is 0.416 e. The summed E-state index contributed by atoms with van der Waals surface area (Å²) in [6.07, 6.45) is -4.58. The summed E-state index contributed by atoms with van der Waals surface area (Å²) in [5.74, 6) is 0. The zero-order valence-corrected chi connectivity index (χ0v) is 10.9. The zero-order valence-electron chi connectivity index (χ0n) is 10.1. The maximum absolute atomic E-state index is 12.5. The second-order valence-electron chi connectivity index (χ2n) is 4.07. The van der Waals surface area contributed by atoms with Gasteiger partial charge in [-0.05, 0) is 32.0 Å². The minimum atomic E-state index is -4.58. The fourth-order valence-corrected chi connectivity index (χ4v) is 1.89. The predicted octanol–water partition coefficient (Wildman–Crippen LogP) is 2.73. The van der Waals surface area contributed by atoms with Gasteiger partial charge in [-0.25, -0.2) is 8.42 Å². The highest BCUT2D eigenvalue weighted by atomic mass is 32.2. The van der Waals surface area contributed by atoms with E-state index in [2.05, 4.69) is 4.72 Å². The molecular formula is C11H11F3N2O2S. The van der Waals surface area contributed by atoms with E-state index in [0.717, 1.165) is 12.1 Å². The molecule has 0 amide bonds. The molecule has 0 spiro atoms. The van der Waals surface area contributed by atoms with E-state index in [4.69, 9.17) is 5.26 Å². The molecule has 1 aromatic rings. The Labute approximate surface area is 108 Å². The van der Waals surface area contributed by atoms with Crippen LogP contribution in [0.4, 0.5) is 18.9 Å². The normalized spacial score (nSPS) is 12.3. The molecule has 0 aliphatic heterocycles. The first kappa shape index (κ1) is 15.3. The van der Waals surface area contributed by atoms with E-state index in [1.54, 1.807) is 6.07 Å². The molecule has 0 bridgehead atoms. The number of halogens is 3. The van der Waals surface area contributed by atoms with Gasteiger partial charge in [0.15, 0.2) is 0 Å². The molecule has 8 heteroatoms. The summed E-state index contributed by atoms with van der Waals surface area (Å²) >= 11 is 0. The standard InChI is InChI=1S/C11H11F3N2O2S/c1-7(2)19(17,18)16-10-4-3-9(11(12,13)14)5-8(10)6-15/h3-5,7,16H,1-2H3. The van der Waals surface area contributed by atoms with E-state index in [9.17, 15) is 21.6 Å². The van der Waals surface area contributed by atoms with Crippen molar-refractivity contribution in [3.63, 3.8) is 0 Å². The average Bonchev–Trinajstić information content (AvgIpc) is 2.27. The number of benzene rings is 1. The third-order valence-corrected chi connectivity index (χ3v) is 4.09. The average molecular weight is 292 g/mol. The summed E-state index contributed by atoms with van der Waals surface area (Å²) in [4.78, 5) is 0. The van der Waals surface area contributed by atoms with Gasteiger partial charge in [0.05, 0.1) is 22.1 Å². The van der Waals surface area contributed by atoms with Crippen LogP contribution in [0.15, 0.2) is 18.2 Å². The quantitative estimate of drug-likeness (QED) is 0.931. The predicted molar refractivity (Wildman–Crippen MR) is 63.8 cm³/mol. The molecule has 4 nitrogen and oxygen atoms in total. The lowest BCUT2D eigenvalue weighted by atomic mass is 10.1.